The number of nitrogens with zero attached hydrogens (tertiary/aromatic N) is 1. The molecular formula is C27H21N3O5. The number of para-hydroxylation sites is 1. The predicted molar refractivity (Wildman–Crippen MR) is 131 cm³/mol. The molecule has 0 saturated carbocycles. The summed E-state index contributed by atoms with van der Waals surface area (Å²) < 4.78 is 10.4. The van der Waals surface area contributed by atoms with Gasteiger partial charge in [-0.3, -0.25) is 9.59 Å². The van der Waals surface area contributed by atoms with Crippen molar-refractivity contribution >= 4 is 29.7 Å². The van der Waals surface area contributed by atoms with Gasteiger partial charge in [0.05, 0.1) is 12.5 Å². The second-order valence-corrected chi connectivity index (χ2v) is 7.50. The summed E-state index contributed by atoms with van der Waals surface area (Å²) in [6.45, 7) is 1.95. The summed E-state index contributed by atoms with van der Waals surface area (Å²) in [5.41, 5.74) is 5.44. The van der Waals surface area contributed by atoms with E-state index in [-0.39, 0.29) is 17.4 Å². The van der Waals surface area contributed by atoms with Crippen LogP contribution in [0.15, 0.2) is 101 Å². The van der Waals surface area contributed by atoms with E-state index in [0.29, 0.717) is 22.4 Å². The summed E-state index contributed by atoms with van der Waals surface area (Å²) in [6.07, 6.45) is 2.75. The molecule has 8 nitrogen and oxygen atoms in total. The lowest BCUT2D eigenvalue weighted by atomic mass is 10.1. The first kappa shape index (κ1) is 23.2. The molecule has 2 N–H and O–H groups in total. The van der Waals surface area contributed by atoms with Gasteiger partial charge in [-0.25, -0.2) is 10.2 Å². The molecule has 0 radical (unpaired) electrons. The van der Waals surface area contributed by atoms with Crippen LogP contribution in [0.1, 0.15) is 42.4 Å². The zero-order valence-corrected chi connectivity index (χ0v) is 18.7. The second-order valence-electron chi connectivity index (χ2n) is 7.50. The van der Waals surface area contributed by atoms with Crippen molar-refractivity contribution in [3.05, 3.63) is 119 Å². The van der Waals surface area contributed by atoms with Gasteiger partial charge in [0.25, 0.3) is 11.8 Å². The Kier molecular flexibility index (Phi) is 7.13. The highest BCUT2D eigenvalue weighted by molar-refractivity contribution is 6.04. The third-order valence-electron chi connectivity index (χ3n) is 4.93. The molecule has 0 unspecified atom stereocenters. The zero-order valence-electron chi connectivity index (χ0n) is 18.7. The third-order valence-corrected chi connectivity index (χ3v) is 4.93. The van der Waals surface area contributed by atoms with Gasteiger partial charge in [-0.15, -0.1) is 0 Å². The predicted octanol–water partition coefficient (Wildman–Crippen LogP) is 4.82. The first-order valence-corrected chi connectivity index (χ1v) is 10.7. The lowest BCUT2D eigenvalue weighted by Crippen LogP contribution is -2.18. The highest BCUT2D eigenvalue weighted by atomic mass is 16.5. The van der Waals surface area contributed by atoms with Crippen molar-refractivity contribution in [1.82, 2.24) is 5.43 Å². The Balaban J connectivity index is 1.35. The van der Waals surface area contributed by atoms with Gasteiger partial charge >= 0.3 is 5.97 Å². The summed E-state index contributed by atoms with van der Waals surface area (Å²) >= 11 is 0. The zero-order chi connectivity index (χ0) is 24.6. The lowest BCUT2D eigenvalue weighted by Gasteiger charge is -2.07. The van der Waals surface area contributed by atoms with Gasteiger partial charge in [-0.1, -0.05) is 29.8 Å². The SMILES string of the molecule is Cc1ccc(C(=O)Nc2ccc(C(=O)N/N=C\c3ccccc3OC(=O)c3ccco3)cc2)cc1. The van der Waals surface area contributed by atoms with Crippen molar-refractivity contribution < 1.29 is 23.5 Å². The molecule has 0 spiro atoms. The standard InChI is InChI=1S/C27H21N3O5/c1-18-8-10-19(11-9-18)25(31)29-22-14-12-20(13-15-22)26(32)30-28-17-21-5-2-3-6-23(21)35-27(33)24-7-4-16-34-24/h2-17H,1H3,(H,29,31)(H,30,32)/b28-17-. The summed E-state index contributed by atoms with van der Waals surface area (Å²) in [5, 5.41) is 6.75. The molecule has 174 valence electrons. The molecule has 35 heavy (non-hydrogen) atoms. The van der Waals surface area contributed by atoms with E-state index < -0.39 is 11.9 Å². The van der Waals surface area contributed by atoms with Crippen LogP contribution in [0.3, 0.4) is 0 Å². The summed E-state index contributed by atoms with van der Waals surface area (Å²) in [6, 6.07) is 23.5. The number of amides is 2. The van der Waals surface area contributed by atoms with Crippen molar-refractivity contribution in [3.8, 4) is 5.75 Å². The van der Waals surface area contributed by atoms with Crippen LogP contribution in [0.25, 0.3) is 0 Å². The molecule has 0 aliphatic rings. The van der Waals surface area contributed by atoms with Crippen LogP contribution in [0.2, 0.25) is 0 Å². The molecule has 0 bridgehead atoms. The average molecular weight is 467 g/mol. The maximum absolute atomic E-state index is 12.4. The molecule has 0 fully saturated rings. The van der Waals surface area contributed by atoms with E-state index in [1.54, 1.807) is 66.7 Å². The smallest absolute Gasteiger partial charge is 0.379 e. The molecule has 0 atom stereocenters. The maximum Gasteiger partial charge on any atom is 0.379 e. The fourth-order valence-electron chi connectivity index (χ4n) is 3.06. The average Bonchev–Trinajstić information content (AvgIpc) is 3.41. The van der Waals surface area contributed by atoms with Gasteiger partial charge in [0.15, 0.2) is 0 Å². The van der Waals surface area contributed by atoms with E-state index in [1.807, 2.05) is 19.1 Å². The molecule has 8 heteroatoms. The summed E-state index contributed by atoms with van der Waals surface area (Å²) in [7, 11) is 0. The molecular weight excluding hydrogens is 446 g/mol. The van der Waals surface area contributed by atoms with Gasteiger partial charge in [-0.05, 0) is 67.6 Å². The molecule has 0 saturated heterocycles. The van der Waals surface area contributed by atoms with Crippen LogP contribution in [0, 0.1) is 6.92 Å². The number of esters is 1. The summed E-state index contributed by atoms with van der Waals surface area (Å²) in [5.74, 6) is -0.987. The molecule has 3 aromatic carbocycles. The van der Waals surface area contributed by atoms with Gasteiger partial charge in [0, 0.05) is 22.4 Å². The normalized spacial score (nSPS) is 10.7. The number of hydrogen-bond acceptors (Lipinski definition) is 6. The van der Waals surface area contributed by atoms with Crippen molar-refractivity contribution in [2.24, 2.45) is 5.10 Å². The number of benzene rings is 3. The fourth-order valence-corrected chi connectivity index (χ4v) is 3.06. The van der Waals surface area contributed by atoms with E-state index in [1.165, 1.54) is 18.5 Å². The monoisotopic (exact) mass is 467 g/mol. The number of carbonyl (C=O) groups is 3. The minimum atomic E-state index is -0.644. The van der Waals surface area contributed by atoms with Crippen LogP contribution in [0.5, 0.6) is 5.75 Å². The van der Waals surface area contributed by atoms with E-state index >= 15 is 0 Å². The number of anilines is 1. The number of nitrogens with one attached hydrogen (secondary N) is 2. The molecule has 0 aliphatic heterocycles. The van der Waals surface area contributed by atoms with Crippen LogP contribution in [0.4, 0.5) is 5.69 Å². The molecule has 1 aromatic heterocycles. The van der Waals surface area contributed by atoms with E-state index in [2.05, 4.69) is 15.8 Å². The highest BCUT2D eigenvalue weighted by Crippen LogP contribution is 2.18. The van der Waals surface area contributed by atoms with Crippen LogP contribution < -0.4 is 15.5 Å². The third kappa shape index (κ3) is 6.08. The number of hydrazone groups is 1. The van der Waals surface area contributed by atoms with Gasteiger partial charge in [0.1, 0.15) is 5.75 Å². The number of furan rings is 1. The van der Waals surface area contributed by atoms with Crippen molar-refractivity contribution in [1.29, 1.82) is 0 Å². The molecule has 2 amide bonds. The quantitative estimate of drug-likeness (QED) is 0.175. The Morgan fingerprint density at radius 3 is 2.23 bits per heavy atom. The number of aryl methyl sites for hydroxylation is 1. The molecule has 4 rings (SSSR count). The maximum atomic E-state index is 12.4. The van der Waals surface area contributed by atoms with Crippen LogP contribution in [-0.4, -0.2) is 24.0 Å². The Bertz CT molecular complexity index is 1360. The Morgan fingerprint density at radius 1 is 0.829 bits per heavy atom. The first-order chi connectivity index (χ1) is 17.0. The van der Waals surface area contributed by atoms with Crippen LogP contribution in [-0.2, 0) is 0 Å². The number of rotatable bonds is 7. The number of hydrogen-bond donors (Lipinski definition) is 2. The second kappa shape index (κ2) is 10.8. The minimum absolute atomic E-state index is 0.0727. The molecule has 0 aliphatic carbocycles. The first-order valence-electron chi connectivity index (χ1n) is 10.7. The largest absolute Gasteiger partial charge is 0.457 e. The molecule has 4 aromatic rings. The van der Waals surface area contributed by atoms with Crippen molar-refractivity contribution in [2.75, 3.05) is 5.32 Å². The van der Waals surface area contributed by atoms with Crippen molar-refractivity contribution in [3.63, 3.8) is 0 Å². The van der Waals surface area contributed by atoms with E-state index in [4.69, 9.17) is 9.15 Å². The Morgan fingerprint density at radius 2 is 1.51 bits per heavy atom. The van der Waals surface area contributed by atoms with Crippen molar-refractivity contribution in [2.45, 2.75) is 6.92 Å². The van der Waals surface area contributed by atoms with Crippen LogP contribution >= 0.6 is 0 Å². The van der Waals surface area contributed by atoms with Gasteiger partial charge < -0.3 is 14.5 Å². The fraction of sp³-hybridized carbons (Fsp3) is 0.0370. The minimum Gasteiger partial charge on any atom is -0.457 e. The lowest BCUT2D eigenvalue weighted by molar-refractivity contribution is 0.0700. The van der Waals surface area contributed by atoms with E-state index in [0.717, 1.165) is 5.56 Å². The Hall–Kier alpha value is -4.98. The van der Waals surface area contributed by atoms with E-state index in [9.17, 15) is 14.4 Å². The highest BCUT2D eigenvalue weighted by Gasteiger charge is 2.13. The van der Waals surface area contributed by atoms with Gasteiger partial charge in [0.2, 0.25) is 5.76 Å². The number of ether oxygens (including phenoxy) is 1. The number of carbonyl (C=O) groups excluding carboxylic acids is 3. The molecule has 1 heterocycles. The topological polar surface area (TPSA) is 110 Å². The Labute approximate surface area is 201 Å². The van der Waals surface area contributed by atoms with Gasteiger partial charge in [-0.2, -0.15) is 5.10 Å². The summed E-state index contributed by atoms with van der Waals surface area (Å²) in [4.78, 5) is 36.9.